The Bertz CT molecular complexity index is 1190. The van der Waals surface area contributed by atoms with Crippen LogP contribution in [0.1, 0.15) is 81.8 Å². The van der Waals surface area contributed by atoms with Gasteiger partial charge in [0.15, 0.2) is 0 Å². The molecule has 3 atom stereocenters. The predicted octanol–water partition coefficient (Wildman–Crippen LogP) is 3.69. The number of anilines is 1. The number of halogens is 1. The molecule has 0 aliphatic heterocycles. The Kier molecular flexibility index (Phi) is 10.2. The molecule has 1 aliphatic rings. The highest BCUT2D eigenvalue weighted by Gasteiger charge is 2.34. The lowest BCUT2D eigenvalue weighted by Gasteiger charge is -2.32. The van der Waals surface area contributed by atoms with Gasteiger partial charge in [-0.05, 0) is 55.4 Å². The molecule has 1 aliphatic carbocycles. The van der Waals surface area contributed by atoms with Crippen LogP contribution in [0.5, 0.6) is 0 Å². The van der Waals surface area contributed by atoms with Crippen molar-refractivity contribution >= 4 is 29.4 Å². The van der Waals surface area contributed by atoms with Gasteiger partial charge in [0.1, 0.15) is 23.6 Å². The van der Waals surface area contributed by atoms with Gasteiger partial charge < -0.3 is 21.1 Å². The first-order valence-electron chi connectivity index (χ1n) is 13.5. The fraction of sp³-hybridized carbons (Fsp3) is 0.536. The maximum atomic E-state index is 15.2. The summed E-state index contributed by atoms with van der Waals surface area (Å²) in [4.78, 5) is 50.0. The SMILES string of the molecule is CCC(=O)N[C@@H](C(=O)O)C(C)c1ccc(NC(=O)[C@@H](NC(=O)c2ccnn2CC)C2CCC(C)CC2)c(F)c1. The van der Waals surface area contributed by atoms with E-state index in [0.717, 1.165) is 31.7 Å². The lowest BCUT2D eigenvalue weighted by atomic mass is 9.79. The van der Waals surface area contributed by atoms with Crippen LogP contribution in [0.2, 0.25) is 0 Å². The number of carboxylic acids is 1. The van der Waals surface area contributed by atoms with E-state index in [0.29, 0.717) is 23.7 Å². The molecular weight excluding hydrogens is 505 g/mol. The number of amides is 3. The lowest BCUT2D eigenvalue weighted by Crippen LogP contribution is -2.49. The number of benzene rings is 1. The molecule has 4 N–H and O–H groups in total. The zero-order valence-corrected chi connectivity index (χ0v) is 22.9. The van der Waals surface area contributed by atoms with E-state index in [9.17, 15) is 24.3 Å². The molecule has 212 valence electrons. The number of carbonyl (C=O) groups excluding carboxylic acids is 3. The van der Waals surface area contributed by atoms with Gasteiger partial charge in [0, 0.05) is 25.1 Å². The van der Waals surface area contributed by atoms with Crippen LogP contribution < -0.4 is 16.0 Å². The van der Waals surface area contributed by atoms with Gasteiger partial charge in [-0.3, -0.25) is 19.1 Å². The number of carbonyl (C=O) groups is 4. The molecule has 1 heterocycles. The third kappa shape index (κ3) is 7.42. The third-order valence-electron chi connectivity index (χ3n) is 7.53. The maximum absolute atomic E-state index is 15.2. The van der Waals surface area contributed by atoms with E-state index in [1.54, 1.807) is 24.6 Å². The summed E-state index contributed by atoms with van der Waals surface area (Å²) in [7, 11) is 0. The van der Waals surface area contributed by atoms with Crippen LogP contribution in [0, 0.1) is 17.7 Å². The van der Waals surface area contributed by atoms with E-state index in [1.807, 2.05) is 6.92 Å². The number of nitrogens with one attached hydrogen (secondary N) is 3. The number of aryl methyl sites for hydroxylation is 1. The highest BCUT2D eigenvalue weighted by atomic mass is 19.1. The van der Waals surface area contributed by atoms with Crippen molar-refractivity contribution in [3.05, 3.63) is 47.5 Å². The lowest BCUT2D eigenvalue weighted by molar-refractivity contribution is -0.142. The molecule has 1 fully saturated rings. The van der Waals surface area contributed by atoms with Crippen molar-refractivity contribution in [2.24, 2.45) is 11.8 Å². The maximum Gasteiger partial charge on any atom is 0.326 e. The van der Waals surface area contributed by atoms with Crippen molar-refractivity contribution in [3.63, 3.8) is 0 Å². The fourth-order valence-corrected chi connectivity index (χ4v) is 5.00. The predicted molar refractivity (Wildman–Crippen MR) is 144 cm³/mol. The average Bonchev–Trinajstić information content (AvgIpc) is 3.40. The number of aliphatic carboxylic acids is 1. The van der Waals surface area contributed by atoms with E-state index in [1.165, 1.54) is 18.3 Å². The summed E-state index contributed by atoms with van der Waals surface area (Å²) in [5, 5.41) is 21.6. The Balaban J connectivity index is 1.79. The van der Waals surface area contributed by atoms with Crippen LogP contribution in [0.3, 0.4) is 0 Å². The number of nitrogens with zero attached hydrogens (tertiary/aromatic N) is 2. The topological polar surface area (TPSA) is 142 Å². The number of carboxylic acid groups (broad SMARTS) is 1. The number of aromatic nitrogens is 2. The summed E-state index contributed by atoms with van der Waals surface area (Å²) < 4.78 is 16.7. The van der Waals surface area contributed by atoms with Gasteiger partial charge in [-0.15, -0.1) is 0 Å². The highest BCUT2D eigenvalue weighted by Crippen LogP contribution is 2.32. The minimum atomic E-state index is -1.23. The Hall–Kier alpha value is -3.76. The molecule has 0 saturated heterocycles. The molecule has 1 unspecified atom stereocenters. The quantitative estimate of drug-likeness (QED) is 0.341. The minimum absolute atomic E-state index is 0.0811. The van der Waals surface area contributed by atoms with E-state index < -0.39 is 47.5 Å². The van der Waals surface area contributed by atoms with Crippen LogP contribution in [0.15, 0.2) is 30.5 Å². The Morgan fingerprint density at radius 3 is 2.38 bits per heavy atom. The van der Waals surface area contributed by atoms with Gasteiger partial charge in [0.25, 0.3) is 5.91 Å². The first kappa shape index (κ1) is 29.8. The third-order valence-corrected chi connectivity index (χ3v) is 7.53. The second kappa shape index (κ2) is 13.3. The second-order valence-corrected chi connectivity index (χ2v) is 10.3. The number of hydrogen-bond donors (Lipinski definition) is 4. The normalized spacial score (nSPS) is 19.4. The number of hydrogen-bond acceptors (Lipinski definition) is 5. The van der Waals surface area contributed by atoms with Crippen LogP contribution in [-0.2, 0) is 20.9 Å². The molecule has 3 rings (SSSR count). The summed E-state index contributed by atoms with van der Waals surface area (Å²) in [6.45, 7) is 7.70. The zero-order chi connectivity index (χ0) is 28.7. The summed E-state index contributed by atoms with van der Waals surface area (Å²) in [6, 6.07) is 3.53. The van der Waals surface area contributed by atoms with Crippen molar-refractivity contribution in [2.75, 3.05) is 5.32 Å². The molecule has 1 aromatic carbocycles. The van der Waals surface area contributed by atoms with Gasteiger partial charge in [0.05, 0.1) is 5.69 Å². The summed E-state index contributed by atoms with van der Waals surface area (Å²) >= 11 is 0. The van der Waals surface area contributed by atoms with E-state index in [-0.39, 0.29) is 18.0 Å². The Morgan fingerprint density at radius 1 is 1.10 bits per heavy atom. The Morgan fingerprint density at radius 2 is 1.79 bits per heavy atom. The monoisotopic (exact) mass is 543 g/mol. The molecule has 1 aromatic heterocycles. The number of rotatable bonds is 11. The largest absolute Gasteiger partial charge is 0.480 e. The van der Waals surface area contributed by atoms with E-state index in [4.69, 9.17) is 0 Å². The molecular formula is C28H38FN5O5. The van der Waals surface area contributed by atoms with Gasteiger partial charge in [0.2, 0.25) is 11.8 Å². The van der Waals surface area contributed by atoms with Crippen molar-refractivity contribution in [1.29, 1.82) is 0 Å². The van der Waals surface area contributed by atoms with Crippen molar-refractivity contribution in [1.82, 2.24) is 20.4 Å². The molecule has 0 spiro atoms. The summed E-state index contributed by atoms with van der Waals surface area (Å²) in [6.07, 6.45) is 5.01. The van der Waals surface area contributed by atoms with E-state index >= 15 is 4.39 Å². The Labute approximate surface area is 227 Å². The first-order valence-corrected chi connectivity index (χ1v) is 13.5. The summed E-state index contributed by atoms with van der Waals surface area (Å²) in [5.74, 6) is -3.65. The van der Waals surface area contributed by atoms with E-state index in [2.05, 4.69) is 28.0 Å². The second-order valence-electron chi connectivity index (χ2n) is 10.3. The van der Waals surface area contributed by atoms with Crippen molar-refractivity contribution in [2.45, 2.75) is 84.3 Å². The molecule has 2 aromatic rings. The van der Waals surface area contributed by atoms with Crippen LogP contribution in [0.4, 0.5) is 10.1 Å². The smallest absolute Gasteiger partial charge is 0.326 e. The first-order chi connectivity index (χ1) is 18.5. The summed E-state index contributed by atoms with van der Waals surface area (Å²) in [5.41, 5.74) is 0.614. The minimum Gasteiger partial charge on any atom is -0.480 e. The molecule has 0 radical (unpaired) electrons. The molecule has 11 heteroatoms. The zero-order valence-electron chi connectivity index (χ0n) is 22.9. The van der Waals surface area contributed by atoms with Crippen molar-refractivity contribution < 1.29 is 28.7 Å². The fourth-order valence-electron chi connectivity index (χ4n) is 5.00. The van der Waals surface area contributed by atoms with Gasteiger partial charge in [-0.1, -0.05) is 39.7 Å². The molecule has 39 heavy (non-hydrogen) atoms. The standard InChI is InChI=1S/C28H38FN5O5/c1-5-23(35)32-24(28(38)39)17(4)19-11-12-21(20(29)15-19)31-27(37)25(18-9-7-16(3)8-10-18)33-26(36)22-13-14-30-34(22)6-2/h11-18,24-25H,5-10H2,1-4H3,(H,31,37)(H,32,35)(H,33,36)(H,38,39)/t16?,17?,18?,24-,25+/m1/s1. The van der Waals surface area contributed by atoms with Gasteiger partial charge in [-0.25, -0.2) is 9.18 Å². The molecule has 10 nitrogen and oxygen atoms in total. The van der Waals surface area contributed by atoms with Crippen LogP contribution in [-0.4, -0.2) is 50.7 Å². The van der Waals surface area contributed by atoms with Gasteiger partial charge >= 0.3 is 5.97 Å². The average molecular weight is 544 g/mol. The molecule has 1 saturated carbocycles. The molecule has 3 amide bonds. The van der Waals surface area contributed by atoms with Crippen molar-refractivity contribution in [3.8, 4) is 0 Å². The van der Waals surface area contributed by atoms with Crippen LogP contribution >= 0.6 is 0 Å². The van der Waals surface area contributed by atoms with Gasteiger partial charge in [-0.2, -0.15) is 5.10 Å². The highest BCUT2D eigenvalue weighted by molar-refractivity contribution is 6.00. The molecule has 0 bridgehead atoms. The van der Waals surface area contributed by atoms with Crippen LogP contribution in [0.25, 0.3) is 0 Å².